The van der Waals surface area contributed by atoms with Gasteiger partial charge in [-0.15, -0.1) is 0 Å². The molecule has 0 spiro atoms. The molecule has 1 aromatic rings. The summed E-state index contributed by atoms with van der Waals surface area (Å²) in [4.78, 5) is 2.58. The average Bonchev–Trinajstić information content (AvgIpc) is 2.75. The number of nitrogens with zero attached hydrogens (tertiary/aromatic N) is 1. The molecule has 14 heavy (non-hydrogen) atoms. The van der Waals surface area contributed by atoms with Crippen molar-refractivity contribution in [1.82, 2.24) is 4.90 Å². The fraction of sp³-hybridized carbons (Fsp3) is 0.538. The predicted octanol–water partition coefficient (Wildman–Crippen LogP) is 2.35. The number of rotatable bonds is 2. The molecule has 1 aliphatic carbocycles. The molecule has 2 fully saturated rings. The van der Waals surface area contributed by atoms with Crippen LogP contribution in [0.4, 0.5) is 0 Å². The van der Waals surface area contributed by atoms with E-state index in [4.69, 9.17) is 0 Å². The minimum atomic E-state index is 0.888. The molecular weight excluding hydrogens is 170 g/mol. The first-order valence-electron chi connectivity index (χ1n) is 5.67. The minimum Gasteiger partial charge on any atom is -0.303 e. The van der Waals surface area contributed by atoms with E-state index in [0.717, 1.165) is 17.8 Å². The normalized spacial score (nSPS) is 35.6. The average molecular weight is 187 g/mol. The highest BCUT2D eigenvalue weighted by Crippen LogP contribution is 2.57. The van der Waals surface area contributed by atoms with Crippen LogP contribution in [-0.2, 0) is 0 Å². The molecule has 74 valence electrons. The van der Waals surface area contributed by atoms with Gasteiger partial charge in [0.2, 0.25) is 0 Å². The molecule has 1 heterocycles. The first-order chi connectivity index (χ1) is 6.90. The topological polar surface area (TPSA) is 3.24 Å². The highest BCUT2D eigenvalue weighted by Gasteiger charge is 2.55. The number of fused-ring (bicyclic) bond motifs is 1. The first-order valence-corrected chi connectivity index (χ1v) is 5.67. The molecule has 0 unspecified atom stereocenters. The van der Waals surface area contributed by atoms with Crippen molar-refractivity contribution in [2.24, 2.45) is 11.8 Å². The maximum absolute atomic E-state index is 2.58. The van der Waals surface area contributed by atoms with Crippen molar-refractivity contribution < 1.29 is 0 Å². The molecule has 1 aromatic carbocycles. The summed E-state index contributed by atoms with van der Waals surface area (Å²) >= 11 is 0. The van der Waals surface area contributed by atoms with Crippen molar-refractivity contribution in [2.75, 3.05) is 19.6 Å². The quantitative estimate of drug-likeness (QED) is 0.687. The number of piperidine rings is 1. The second-order valence-electron chi connectivity index (χ2n) is 4.62. The van der Waals surface area contributed by atoms with Gasteiger partial charge in [0.15, 0.2) is 0 Å². The molecule has 1 saturated carbocycles. The predicted molar refractivity (Wildman–Crippen MR) is 58.3 cm³/mol. The highest BCUT2D eigenvalue weighted by molar-refractivity contribution is 5.30. The number of likely N-dealkylation sites (tertiary alicyclic amines) is 1. The summed E-state index contributed by atoms with van der Waals surface area (Å²) in [5.74, 6) is 2.83. The number of hydrogen-bond acceptors (Lipinski definition) is 1. The lowest BCUT2D eigenvalue weighted by molar-refractivity contribution is 0.314. The Hall–Kier alpha value is -0.820. The maximum Gasteiger partial charge on any atom is 0.00190 e. The van der Waals surface area contributed by atoms with Crippen LogP contribution in [0.3, 0.4) is 0 Å². The van der Waals surface area contributed by atoms with Gasteiger partial charge in [0.25, 0.3) is 0 Å². The van der Waals surface area contributed by atoms with Crippen molar-refractivity contribution >= 4 is 0 Å². The Morgan fingerprint density at radius 1 is 1.14 bits per heavy atom. The Morgan fingerprint density at radius 2 is 1.79 bits per heavy atom. The van der Waals surface area contributed by atoms with Gasteiger partial charge >= 0.3 is 0 Å². The van der Waals surface area contributed by atoms with Crippen LogP contribution in [0.2, 0.25) is 0 Å². The molecule has 0 radical (unpaired) electrons. The molecule has 0 bridgehead atoms. The number of hydrogen-bond donors (Lipinski definition) is 0. The summed E-state index contributed by atoms with van der Waals surface area (Å²) in [6, 6.07) is 11.0. The second kappa shape index (κ2) is 3.09. The van der Waals surface area contributed by atoms with Crippen LogP contribution >= 0.6 is 0 Å². The zero-order valence-corrected chi connectivity index (χ0v) is 8.69. The monoisotopic (exact) mass is 187 g/mol. The standard InChI is InChI=1S/C13H17N/c1-2-14-8-11-12(9-14)13(11)10-6-4-3-5-7-10/h3-7,11-13H,2,8-9H2,1H3/t11-,12+,13+. The van der Waals surface area contributed by atoms with E-state index in [1.165, 1.54) is 19.6 Å². The van der Waals surface area contributed by atoms with Gasteiger partial charge in [-0.05, 0) is 29.9 Å². The van der Waals surface area contributed by atoms with Gasteiger partial charge in [-0.3, -0.25) is 0 Å². The molecule has 1 heteroatoms. The van der Waals surface area contributed by atoms with Crippen LogP contribution in [0.5, 0.6) is 0 Å². The van der Waals surface area contributed by atoms with Gasteiger partial charge in [-0.25, -0.2) is 0 Å². The van der Waals surface area contributed by atoms with Crippen molar-refractivity contribution in [3.05, 3.63) is 35.9 Å². The van der Waals surface area contributed by atoms with E-state index in [0.29, 0.717) is 0 Å². The SMILES string of the molecule is CCN1C[C@@H]2[C@H](C1)[C@H]2c1ccccc1. The van der Waals surface area contributed by atoms with E-state index < -0.39 is 0 Å². The zero-order chi connectivity index (χ0) is 9.54. The fourth-order valence-corrected chi connectivity index (χ4v) is 3.04. The van der Waals surface area contributed by atoms with Gasteiger partial charge < -0.3 is 4.90 Å². The van der Waals surface area contributed by atoms with Gasteiger partial charge in [0, 0.05) is 13.1 Å². The smallest absolute Gasteiger partial charge is 0.00190 e. The molecule has 0 N–H and O–H groups in total. The molecule has 0 amide bonds. The summed E-state index contributed by atoms with van der Waals surface area (Å²) in [5.41, 5.74) is 1.57. The first kappa shape index (κ1) is 8.49. The maximum atomic E-state index is 2.58. The van der Waals surface area contributed by atoms with Gasteiger partial charge in [-0.1, -0.05) is 37.3 Å². The second-order valence-corrected chi connectivity index (χ2v) is 4.62. The van der Waals surface area contributed by atoms with Crippen LogP contribution in [0.15, 0.2) is 30.3 Å². The van der Waals surface area contributed by atoms with E-state index in [1.54, 1.807) is 5.56 Å². The summed E-state index contributed by atoms with van der Waals surface area (Å²) in [6.07, 6.45) is 0. The third kappa shape index (κ3) is 1.19. The van der Waals surface area contributed by atoms with E-state index in [2.05, 4.69) is 42.2 Å². The van der Waals surface area contributed by atoms with Crippen LogP contribution in [0.1, 0.15) is 18.4 Å². The molecule has 1 aliphatic heterocycles. The lowest BCUT2D eigenvalue weighted by Crippen LogP contribution is -2.23. The van der Waals surface area contributed by atoms with E-state index in [-0.39, 0.29) is 0 Å². The van der Waals surface area contributed by atoms with Crippen molar-refractivity contribution in [3.8, 4) is 0 Å². The van der Waals surface area contributed by atoms with Crippen LogP contribution in [-0.4, -0.2) is 24.5 Å². The minimum absolute atomic E-state index is 0.888. The third-order valence-corrected chi connectivity index (χ3v) is 3.90. The molecule has 3 atom stereocenters. The van der Waals surface area contributed by atoms with Crippen LogP contribution < -0.4 is 0 Å². The van der Waals surface area contributed by atoms with Gasteiger partial charge in [-0.2, -0.15) is 0 Å². The Labute approximate surface area is 85.7 Å². The lowest BCUT2D eigenvalue weighted by Gasteiger charge is -2.16. The van der Waals surface area contributed by atoms with Crippen molar-refractivity contribution in [3.63, 3.8) is 0 Å². The largest absolute Gasteiger partial charge is 0.303 e. The Bertz CT molecular complexity index is 307. The molecule has 1 saturated heterocycles. The van der Waals surface area contributed by atoms with Crippen molar-refractivity contribution in [2.45, 2.75) is 12.8 Å². The Morgan fingerprint density at radius 3 is 2.36 bits per heavy atom. The van der Waals surface area contributed by atoms with Gasteiger partial charge in [0.05, 0.1) is 0 Å². The fourth-order valence-electron chi connectivity index (χ4n) is 3.04. The zero-order valence-electron chi connectivity index (χ0n) is 8.69. The third-order valence-electron chi connectivity index (χ3n) is 3.90. The van der Waals surface area contributed by atoms with E-state index >= 15 is 0 Å². The number of benzene rings is 1. The van der Waals surface area contributed by atoms with Crippen molar-refractivity contribution in [1.29, 1.82) is 0 Å². The van der Waals surface area contributed by atoms with Crippen LogP contribution in [0, 0.1) is 11.8 Å². The summed E-state index contributed by atoms with van der Waals surface area (Å²) in [6.45, 7) is 6.16. The highest BCUT2D eigenvalue weighted by atomic mass is 15.2. The summed E-state index contributed by atoms with van der Waals surface area (Å²) in [7, 11) is 0. The molecule has 0 aromatic heterocycles. The van der Waals surface area contributed by atoms with Gasteiger partial charge in [0.1, 0.15) is 0 Å². The summed E-state index contributed by atoms with van der Waals surface area (Å²) in [5, 5.41) is 0. The Kier molecular flexibility index (Phi) is 1.88. The van der Waals surface area contributed by atoms with E-state index in [1.807, 2.05) is 0 Å². The molecule has 1 nitrogen and oxygen atoms in total. The van der Waals surface area contributed by atoms with E-state index in [9.17, 15) is 0 Å². The molecular formula is C13H17N. The molecule has 2 aliphatic rings. The lowest BCUT2D eigenvalue weighted by atomic mass is 10.1. The Balaban J connectivity index is 1.71. The molecule has 3 rings (SSSR count). The van der Waals surface area contributed by atoms with Crippen LogP contribution in [0.25, 0.3) is 0 Å². The summed E-state index contributed by atoms with van der Waals surface area (Å²) < 4.78 is 0.